The molecule has 0 saturated heterocycles. The summed E-state index contributed by atoms with van der Waals surface area (Å²) in [7, 11) is 0. The number of aromatic nitrogens is 1. The third kappa shape index (κ3) is 3.27. The summed E-state index contributed by atoms with van der Waals surface area (Å²) in [4.78, 5) is 4.81. The van der Waals surface area contributed by atoms with Gasteiger partial charge >= 0.3 is 0 Å². The first-order chi connectivity index (χ1) is 9.15. The largest absolute Gasteiger partial charge is 0.384 e. The Balaban J connectivity index is 2.60. The minimum absolute atomic E-state index is 0.996. The molecular formula is C16H21BrN2. The molecule has 1 N–H and O–H groups in total. The monoisotopic (exact) mass is 320 g/mol. The minimum atomic E-state index is 0.996. The first-order valence-electron chi connectivity index (χ1n) is 6.99. The Bertz CT molecular complexity index is 578. The molecule has 1 aromatic heterocycles. The standard InChI is InChI=1S/C16H21BrN2/c1-4-6-13-10-15(18-7-5-2)14-9-12(17)8-11(3)16(14)19-13/h8-10H,4-7H2,1-3H3,(H,18,19). The zero-order chi connectivity index (χ0) is 13.8. The van der Waals surface area contributed by atoms with Crippen molar-refractivity contribution in [2.45, 2.75) is 40.0 Å². The average molecular weight is 321 g/mol. The molecule has 1 heterocycles. The molecule has 2 rings (SSSR count). The molecule has 0 radical (unpaired) electrons. The van der Waals surface area contributed by atoms with Crippen LogP contribution >= 0.6 is 15.9 Å². The molecule has 0 bridgehead atoms. The lowest BCUT2D eigenvalue weighted by molar-refractivity contribution is 0.888. The second kappa shape index (κ2) is 6.38. The van der Waals surface area contributed by atoms with Gasteiger partial charge in [-0.05, 0) is 43.5 Å². The van der Waals surface area contributed by atoms with Crippen molar-refractivity contribution < 1.29 is 0 Å². The molecule has 0 amide bonds. The number of rotatable bonds is 5. The number of aryl methyl sites for hydroxylation is 2. The maximum absolute atomic E-state index is 4.81. The Labute approximate surface area is 123 Å². The SMILES string of the molecule is CCCNc1cc(CCC)nc2c(C)cc(Br)cc12. The first-order valence-corrected chi connectivity index (χ1v) is 7.78. The van der Waals surface area contributed by atoms with Gasteiger partial charge in [-0.3, -0.25) is 4.98 Å². The minimum Gasteiger partial charge on any atom is -0.384 e. The topological polar surface area (TPSA) is 24.9 Å². The number of fused-ring (bicyclic) bond motifs is 1. The van der Waals surface area contributed by atoms with E-state index in [-0.39, 0.29) is 0 Å². The zero-order valence-electron chi connectivity index (χ0n) is 11.9. The summed E-state index contributed by atoms with van der Waals surface area (Å²) < 4.78 is 1.11. The molecule has 2 nitrogen and oxygen atoms in total. The van der Waals surface area contributed by atoms with Gasteiger partial charge in [0.15, 0.2) is 0 Å². The van der Waals surface area contributed by atoms with Gasteiger partial charge < -0.3 is 5.32 Å². The van der Waals surface area contributed by atoms with Crippen LogP contribution in [0.15, 0.2) is 22.7 Å². The lowest BCUT2D eigenvalue weighted by Gasteiger charge is -2.13. The highest BCUT2D eigenvalue weighted by molar-refractivity contribution is 9.10. The molecule has 0 aliphatic rings. The van der Waals surface area contributed by atoms with E-state index in [0.29, 0.717) is 0 Å². The van der Waals surface area contributed by atoms with Gasteiger partial charge in [-0.1, -0.05) is 36.2 Å². The highest BCUT2D eigenvalue weighted by Gasteiger charge is 2.08. The second-order valence-corrected chi connectivity index (χ2v) is 5.87. The molecule has 1 aromatic carbocycles. The van der Waals surface area contributed by atoms with E-state index in [1.165, 1.54) is 22.3 Å². The molecule has 0 fully saturated rings. The van der Waals surface area contributed by atoms with Gasteiger partial charge in [0, 0.05) is 27.8 Å². The van der Waals surface area contributed by atoms with E-state index in [1.807, 2.05) is 0 Å². The number of hydrogen-bond donors (Lipinski definition) is 1. The van der Waals surface area contributed by atoms with Crippen LogP contribution in [0.5, 0.6) is 0 Å². The second-order valence-electron chi connectivity index (χ2n) is 4.96. The number of hydrogen-bond acceptors (Lipinski definition) is 2. The molecule has 0 aliphatic carbocycles. The Morgan fingerprint density at radius 2 is 1.95 bits per heavy atom. The van der Waals surface area contributed by atoms with Gasteiger partial charge in [0.2, 0.25) is 0 Å². The molecule has 0 aliphatic heterocycles. The fourth-order valence-corrected chi connectivity index (χ4v) is 2.87. The van der Waals surface area contributed by atoms with Gasteiger partial charge in [0.25, 0.3) is 0 Å². The van der Waals surface area contributed by atoms with Crippen LogP contribution in [0.25, 0.3) is 10.9 Å². The predicted octanol–water partition coefficient (Wildman–Crippen LogP) is 5.08. The maximum Gasteiger partial charge on any atom is 0.0755 e. The van der Waals surface area contributed by atoms with Crippen molar-refractivity contribution in [1.29, 1.82) is 0 Å². The van der Waals surface area contributed by atoms with Crippen LogP contribution < -0.4 is 5.32 Å². The molecule has 19 heavy (non-hydrogen) atoms. The lowest BCUT2D eigenvalue weighted by atomic mass is 10.1. The van der Waals surface area contributed by atoms with E-state index in [4.69, 9.17) is 4.98 Å². The summed E-state index contributed by atoms with van der Waals surface area (Å²) in [6.45, 7) is 7.50. The maximum atomic E-state index is 4.81. The van der Waals surface area contributed by atoms with Crippen LogP contribution in [-0.2, 0) is 6.42 Å². The van der Waals surface area contributed by atoms with E-state index >= 15 is 0 Å². The molecule has 3 heteroatoms. The summed E-state index contributed by atoms with van der Waals surface area (Å²) in [6.07, 6.45) is 3.29. The zero-order valence-corrected chi connectivity index (χ0v) is 13.5. The van der Waals surface area contributed by atoms with Gasteiger partial charge in [0.05, 0.1) is 5.52 Å². The molecule has 0 unspecified atom stereocenters. The van der Waals surface area contributed by atoms with E-state index in [1.54, 1.807) is 0 Å². The van der Waals surface area contributed by atoms with Gasteiger partial charge in [-0.2, -0.15) is 0 Å². The van der Waals surface area contributed by atoms with Crippen LogP contribution in [0.4, 0.5) is 5.69 Å². The summed E-state index contributed by atoms with van der Waals surface area (Å²) in [6, 6.07) is 6.49. The lowest BCUT2D eigenvalue weighted by Crippen LogP contribution is -2.03. The third-order valence-electron chi connectivity index (χ3n) is 3.19. The Hall–Kier alpha value is -1.09. The number of nitrogens with one attached hydrogen (secondary N) is 1. The van der Waals surface area contributed by atoms with Crippen molar-refractivity contribution >= 4 is 32.5 Å². The molecule has 0 saturated carbocycles. The predicted molar refractivity (Wildman–Crippen MR) is 87.0 cm³/mol. The fourth-order valence-electron chi connectivity index (χ4n) is 2.30. The van der Waals surface area contributed by atoms with Crippen LogP contribution in [0, 0.1) is 6.92 Å². The van der Waals surface area contributed by atoms with Crippen molar-refractivity contribution in [2.24, 2.45) is 0 Å². The summed E-state index contributed by atoms with van der Waals surface area (Å²) in [5.41, 5.74) is 4.73. The van der Waals surface area contributed by atoms with Crippen LogP contribution in [0.1, 0.15) is 37.9 Å². The number of benzene rings is 1. The van der Waals surface area contributed by atoms with Crippen molar-refractivity contribution in [2.75, 3.05) is 11.9 Å². The number of nitrogens with zero attached hydrogens (tertiary/aromatic N) is 1. The van der Waals surface area contributed by atoms with Crippen LogP contribution in [-0.4, -0.2) is 11.5 Å². The normalized spacial score (nSPS) is 10.9. The summed E-state index contributed by atoms with van der Waals surface area (Å²) in [5, 5.41) is 4.74. The molecular weight excluding hydrogens is 300 g/mol. The smallest absolute Gasteiger partial charge is 0.0755 e. The van der Waals surface area contributed by atoms with Crippen molar-refractivity contribution in [3.05, 3.63) is 33.9 Å². The number of halogens is 1. The van der Waals surface area contributed by atoms with Crippen molar-refractivity contribution in [3.63, 3.8) is 0 Å². The van der Waals surface area contributed by atoms with E-state index in [2.05, 4.69) is 60.2 Å². The van der Waals surface area contributed by atoms with E-state index < -0.39 is 0 Å². The Morgan fingerprint density at radius 1 is 1.16 bits per heavy atom. The van der Waals surface area contributed by atoms with Crippen molar-refractivity contribution in [1.82, 2.24) is 4.98 Å². The molecule has 2 aromatic rings. The van der Waals surface area contributed by atoms with E-state index in [9.17, 15) is 0 Å². The van der Waals surface area contributed by atoms with Gasteiger partial charge in [-0.15, -0.1) is 0 Å². The Morgan fingerprint density at radius 3 is 2.63 bits per heavy atom. The summed E-state index contributed by atoms with van der Waals surface area (Å²) in [5.74, 6) is 0. The average Bonchev–Trinajstić information content (AvgIpc) is 2.37. The molecule has 0 spiro atoms. The van der Waals surface area contributed by atoms with Gasteiger partial charge in [0.1, 0.15) is 0 Å². The first kappa shape index (κ1) is 14.3. The number of pyridine rings is 1. The van der Waals surface area contributed by atoms with Crippen molar-refractivity contribution in [3.8, 4) is 0 Å². The highest BCUT2D eigenvalue weighted by Crippen LogP contribution is 2.29. The fraction of sp³-hybridized carbons (Fsp3) is 0.438. The number of anilines is 1. The van der Waals surface area contributed by atoms with Crippen LogP contribution in [0.3, 0.4) is 0 Å². The molecule has 102 valence electrons. The molecule has 0 atom stereocenters. The Kier molecular flexibility index (Phi) is 4.81. The highest BCUT2D eigenvalue weighted by atomic mass is 79.9. The third-order valence-corrected chi connectivity index (χ3v) is 3.65. The quantitative estimate of drug-likeness (QED) is 0.830. The van der Waals surface area contributed by atoms with Crippen LogP contribution in [0.2, 0.25) is 0 Å². The van der Waals surface area contributed by atoms with Gasteiger partial charge in [-0.25, -0.2) is 0 Å². The van der Waals surface area contributed by atoms with E-state index in [0.717, 1.165) is 35.8 Å². The summed E-state index contributed by atoms with van der Waals surface area (Å²) >= 11 is 3.58.